The Hall–Kier alpha value is -1.64. The number of aliphatic hydroxyl groups is 21. The van der Waals surface area contributed by atoms with Gasteiger partial charge in [0.15, 0.2) is 56.6 Å². The number of ether oxygens (including phenoxy) is 20. The van der Waals surface area contributed by atoms with Crippen LogP contribution in [0.2, 0.25) is 0 Å². The van der Waals surface area contributed by atoms with Crippen molar-refractivity contribution >= 4 is 0 Å². The second kappa shape index (κ2) is 34.1. The molecule has 44 atom stereocenters. The molecular weight excluding hydrogens is 1330 g/mol. The Balaban J connectivity index is 0.945. The molecular formula is C56H96O41. The van der Waals surface area contributed by atoms with Crippen molar-refractivity contribution in [2.24, 2.45) is 0 Å². The standard InChI is InChI=1S/C56H96O41/c1-13-22(61)40(35(74)51(82-13)91-43-29(68)21(12-78-5)89-54(38(43)77)97-50-33(72)30(69)26(65)18(8-57)86-50)90-52-36(75)41(27(66)19(9-58)87-52)92-53-37(76)42(28(67)20(10-59)88-53)93-56-47(95-48-32(71)25(64)17(60)11-81-48)45(24(63)15(3)84-56)94-55-46(44(80-7)23(62)14(2)83-55)96-49-34(73)31(70)39(79-6)16(4)85-49/h13-77H,8-12H2,1-7H3/t13-,14-,15-,16-,17+,18+,19+,20+,21+,22-,23-,24-,25-,26+,27+,28+,29+,30-,31-,32+,33+,34+,35+,36+,37+,38+,39-,40+,41-,42-,43-,44+,45+,46+,47+,48-,49-,50+,51-,52-,53-,54+,55-,56-/m0/s1. The summed E-state index contributed by atoms with van der Waals surface area (Å²) in [5, 5.41) is 234. The summed E-state index contributed by atoms with van der Waals surface area (Å²) in [6.45, 7) is 1.45. The van der Waals surface area contributed by atoms with E-state index in [0.717, 1.165) is 0 Å². The fourth-order valence-electron chi connectivity index (χ4n) is 13.0. The van der Waals surface area contributed by atoms with Crippen LogP contribution in [0.5, 0.6) is 0 Å². The monoisotopic (exact) mass is 1420 g/mol. The Labute approximate surface area is 553 Å². The summed E-state index contributed by atoms with van der Waals surface area (Å²) in [5.74, 6) is 0. The summed E-state index contributed by atoms with van der Waals surface area (Å²) >= 11 is 0. The first-order valence-electron chi connectivity index (χ1n) is 31.7. The maximum Gasteiger partial charge on any atom is 0.189 e. The van der Waals surface area contributed by atoms with Crippen molar-refractivity contribution in [2.75, 3.05) is 54.4 Å². The molecule has 0 saturated carbocycles. The second-order valence-corrected chi connectivity index (χ2v) is 25.4. The molecule has 0 aromatic carbocycles. The third kappa shape index (κ3) is 16.6. The molecule has 0 radical (unpaired) electrons. The lowest BCUT2D eigenvalue weighted by atomic mass is 9.95. The first kappa shape index (κ1) is 79.5. The van der Waals surface area contributed by atoms with E-state index in [-0.39, 0.29) is 0 Å². The maximum absolute atomic E-state index is 12.2. The van der Waals surface area contributed by atoms with Crippen LogP contribution in [0.3, 0.4) is 0 Å². The molecule has 0 aromatic heterocycles. The molecule has 0 bridgehead atoms. The van der Waals surface area contributed by atoms with Gasteiger partial charge in [0, 0.05) is 21.3 Å². The first-order chi connectivity index (χ1) is 45.9. The Morgan fingerprint density at radius 3 is 1.06 bits per heavy atom. The molecule has 9 aliphatic heterocycles. The van der Waals surface area contributed by atoms with Gasteiger partial charge in [0.05, 0.1) is 57.5 Å². The summed E-state index contributed by atoms with van der Waals surface area (Å²) in [4.78, 5) is 0. The predicted molar refractivity (Wildman–Crippen MR) is 300 cm³/mol. The SMILES string of the molecule is COC[C@H]1O[C@H](O[C@H]2O[C@H](CO)[C@@H](O)[C@H](O)[C@H]2O)[C@H](O)[C@@H](O[C@@H]2O[C@@H](C)[C@H](O)[C@@H](O[C@@H]3O[C@H](CO)[C@@H](O)[C@H](O[C@@H]4O[C@H](CO)[C@@H](O)[C@H](O[C@@H]5O[C@@H](C)[C@H](O)[C@@H](O[C@@H]6O[C@@H](C)[C@H](O)[C@@H](OC)[C@H]6O[C@@H]6O[C@@H](C)[C@H](OC)[C@@H](O)[C@H]6O)[C@H]5O[C@@H]5OC[C@@H](O)[C@H](O)[C@H]5O)[C@H]4O)[C@H]3O)[C@H]2O)[C@@H]1O. The summed E-state index contributed by atoms with van der Waals surface area (Å²) in [6, 6.07) is 0. The van der Waals surface area contributed by atoms with Gasteiger partial charge < -0.3 is 202 Å². The lowest BCUT2D eigenvalue weighted by Gasteiger charge is -2.51. The molecule has 0 amide bonds. The molecule has 21 N–H and O–H groups in total. The molecule has 0 aliphatic carbocycles. The number of rotatable bonds is 23. The summed E-state index contributed by atoms with van der Waals surface area (Å²) in [6.07, 6.45) is -79.9. The second-order valence-electron chi connectivity index (χ2n) is 25.4. The quantitative estimate of drug-likeness (QED) is 0.0452. The van der Waals surface area contributed by atoms with Crippen molar-refractivity contribution in [1.82, 2.24) is 0 Å². The molecule has 9 saturated heterocycles. The highest BCUT2D eigenvalue weighted by Gasteiger charge is 2.61. The van der Waals surface area contributed by atoms with Crippen LogP contribution >= 0.6 is 0 Å². The largest absolute Gasteiger partial charge is 0.394 e. The van der Waals surface area contributed by atoms with E-state index in [2.05, 4.69) is 0 Å². The molecule has 9 aliphatic rings. The molecule has 9 heterocycles. The summed E-state index contributed by atoms with van der Waals surface area (Å²) in [7, 11) is 3.70. The maximum atomic E-state index is 12.2. The minimum absolute atomic E-state index is 0.410. The normalized spacial score (nSPS) is 54.2. The third-order valence-corrected chi connectivity index (χ3v) is 18.8. The Morgan fingerprint density at radius 2 is 0.577 bits per heavy atom. The van der Waals surface area contributed by atoms with Gasteiger partial charge in [-0.05, 0) is 27.7 Å². The molecule has 566 valence electrons. The van der Waals surface area contributed by atoms with Crippen LogP contribution < -0.4 is 0 Å². The fraction of sp³-hybridized carbons (Fsp3) is 1.00. The highest BCUT2D eigenvalue weighted by molar-refractivity contribution is 5.02. The number of hydrogen-bond donors (Lipinski definition) is 21. The predicted octanol–water partition coefficient (Wildman–Crippen LogP) is -13.9. The average molecular weight is 1430 g/mol. The Kier molecular flexibility index (Phi) is 27.9. The van der Waals surface area contributed by atoms with E-state index in [4.69, 9.17) is 94.7 Å². The summed E-state index contributed by atoms with van der Waals surface area (Å²) in [5.41, 5.74) is 0. The minimum Gasteiger partial charge on any atom is -0.394 e. The van der Waals surface area contributed by atoms with E-state index >= 15 is 0 Å². The Morgan fingerprint density at radius 1 is 0.258 bits per heavy atom. The molecule has 9 rings (SSSR count). The van der Waals surface area contributed by atoms with Crippen LogP contribution in [0.4, 0.5) is 0 Å². The molecule has 41 nitrogen and oxygen atoms in total. The molecule has 9 fully saturated rings. The van der Waals surface area contributed by atoms with Gasteiger partial charge in [0.25, 0.3) is 0 Å². The fourth-order valence-corrected chi connectivity index (χ4v) is 13.0. The zero-order valence-corrected chi connectivity index (χ0v) is 53.5. The van der Waals surface area contributed by atoms with Crippen molar-refractivity contribution in [2.45, 2.75) is 298 Å². The minimum atomic E-state index is -2.33. The Bertz CT molecular complexity index is 2380. The van der Waals surface area contributed by atoms with Gasteiger partial charge in [-0.15, -0.1) is 0 Å². The highest BCUT2D eigenvalue weighted by Crippen LogP contribution is 2.41. The van der Waals surface area contributed by atoms with Gasteiger partial charge in [-0.1, -0.05) is 0 Å². The van der Waals surface area contributed by atoms with Crippen LogP contribution in [0.1, 0.15) is 27.7 Å². The van der Waals surface area contributed by atoms with Gasteiger partial charge in [-0.25, -0.2) is 0 Å². The smallest absolute Gasteiger partial charge is 0.189 e. The van der Waals surface area contributed by atoms with Crippen molar-refractivity contribution < 1.29 is 202 Å². The van der Waals surface area contributed by atoms with Crippen molar-refractivity contribution in [3.63, 3.8) is 0 Å². The van der Waals surface area contributed by atoms with Gasteiger partial charge in [-0.2, -0.15) is 0 Å². The van der Waals surface area contributed by atoms with Gasteiger partial charge >= 0.3 is 0 Å². The van der Waals surface area contributed by atoms with Gasteiger partial charge in [0.2, 0.25) is 0 Å². The number of methoxy groups -OCH3 is 3. The molecule has 0 spiro atoms. The molecule has 0 unspecified atom stereocenters. The van der Waals surface area contributed by atoms with Crippen LogP contribution in [0.15, 0.2) is 0 Å². The van der Waals surface area contributed by atoms with E-state index in [1.54, 1.807) is 0 Å². The number of hydrogen-bond acceptors (Lipinski definition) is 41. The van der Waals surface area contributed by atoms with Gasteiger partial charge in [-0.3, -0.25) is 0 Å². The lowest BCUT2D eigenvalue weighted by Crippen LogP contribution is -2.69. The molecule has 41 heteroatoms. The van der Waals surface area contributed by atoms with Crippen LogP contribution in [0.25, 0.3) is 0 Å². The van der Waals surface area contributed by atoms with Crippen molar-refractivity contribution in [1.29, 1.82) is 0 Å². The first-order valence-corrected chi connectivity index (χ1v) is 31.7. The zero-order chi connectivity index (χ0) is 71.1. The molecule has 97 heavy (non-hydrogen) atoms. The van der Waals surface area contributed by atoms with Crippen molar-refractivity contribution in [3.05, 3.63) is 0 Å². The zero-order valence-electron chi connectivity index (χ0n) is 53.5. The van der Waals surface area contributed by atoms with Crippen LogP contribution in [-0.2, 0) is 94.7 Å². The van der Waals surface area contributed by atoms with E-state index in [9.17, 15) is 107 Å². The van der Waals surface area contributed by atoms with E-state index in [0.29, 0.717) is 0 Å². The topological polar surface area (TPSA) is 609 Å². The van der Waals surface area contributed by atoms with E-state index in [1.807, 2.05) is 0 Å². The van der Waals surface area contributed by atoms with E-state index in [1.165, 1.54) is 49.0 Å². The van der Waals surface area contributed by atoms with Gasteiger partial charge in [0.1, 0.15) is 189 Å². The van der Waals surface area contributed by atoms with Crippen LogP contribution in [-0.4, -0.2) is 432 Å². The average Bonchev–Trinajstić information content (AvgIpc) is 0.775. The summed E-state index contributed by atoms with van der Waals surface area (Å²) < 4.78 is 117. The van der Waals surface area contributed by atoms with Crippen LogP contribution in [0, 0.1) is 0 Å². The molecule has 0 aromatic rings. The van der Waals surface area contributed by atoms with E-state index < -0.39 is 303 Å². The third-order valence-electron chi connectivity index (χ3n) is 18.8. The highest BCUT2D eigenvalue weighted by atomic mass is 16.8. The van der Waals surface area contributed by atoms with Crippen molar-refractivity contribution in [3.8, 4) is 0 Å². The lowest BCUT2D eigenvalue weighted by molar-refractivity contribution is -0.412. The number of aliphatic hydroxyl groups excluding tert-OH is 21.